The Kier molecular flexibility index (Phi) is 13.0. The average Bonchev–Trinajstić information content (AvgIpc) is 3.13. The highest BCUT2D eigenvalue weighted by molar-refractivity contribution is 7.15. The summed E-state index contributed by atoms with van der Waals surface area (Å²) in [5, 5.41) is 3.44. The van der Waals surface area contributed by atoms with Crippen molar-refractivity contribution in [2.24, 2.45) is 22.4 Å². The normalized spacial score (nSPS) is 13.8. The zero-order valence-electron chi connectivity index (χ0n) is 20.0. The van der Waals surface area contributed by atoms with Crippen molar-refractivity contribution in [3.63, 3.8) is 0 Å². The molecule has 0 aliphatic carbocycles. The first kappa shape index (κ1) is 30.6. The molecular weight excluding hydrogens is 511 g/mol. The molecule has 1 aliphatic rings. The van der Waals surface area contributed by atoms with E-state index in [0.717, 1.165) is 61.5 Å². The highest BCUT2D eigenvalue weighted by Crippen LogP contribution is 2.28. The number of piperidine rings is 1. The number of halogens is 2. The van der Waals surface area contributed by atoms with Crippen molar-refractivity contribution in [3.8, 4) is 0 Å². The second kappa shape index (κ2) is 14.9. The second-order valence-electron chi connectivity index (χ2n) is 8.08. The minimum atomic E-state index is -0.132. The number of nitrogens with one attached hydrogen (secondary N) is 1. The number of nitrogens with two attached hydrogens (primary N) is 2. The number of aryl methyl sites for hydroxylation is 2. The number of nitrogens with zero attached hydrogens (tertiary/aromatic N) is 3. The van der Waals surface area contributed by atoms with E-state index < -0.39 is 0 Å². The molecule has 1 aromatic heterocycles. The number of likely N-dealkylation sites (tertiary alicyclic amines) is 1. The largest absolute Gasteiger partial charge is 0.466 e. The van der Waals surface area contributed by atoms with Crippen LogP contribution in [0, 0.1) is 5.92 Å². The summed E-state index contributed by atoms with van der Waals surface area (Å²) in [4.78, 5) is 35.8. The lowest BCUT2D eigenvalue weighted by molar-refractivity contribution is -0.149. The number of aromatic nitrogens is 1. The Hall–Kier alpha value is -2.40. The molecular formula is C23H34Cl2N6O3S. The molecule has 0 radical (unpaired) electrons. The first-order chi connectivity index (χ1) is 15.8. The van der Waals surface area contributed by atoms with Gasteiger partial charge in [-0.25, -0.2) is 9.98 Å². The lowest BCUT2D eigenvalue weighted by atomic mass is 9.97. The van der Waals surface area contributed by atoms with Gasteiger partial charge in [0.05, 0.1) is 23.9 Å². The Morgan fingerprint density at radius 1 is 1.17 bits per heavy atom. The van der Waals surface area contributed by atoms with Gasteiger partial charge in [-0.05, 0) is 63.4 Å². The number of carbonyl (C=O) groups is 2. The zero-order valence-corrected chi connectivity index (χ0v) is 22.4. The van der Waals surface area contributed by atoms with Gasteiger partial charge in [-0.1, -0.05) is 12.1 Å². The van der Waals surface area contributed by atoms with Gasteiger partial charge in [0.2, 0.25) is 5.91 Å². The quantitative estimate of drug-likeness (QED) is 0.250. The molecule has 0 bridgehead atoms. The van der Waals surface area contributed by atoms with Crippen LogP contribution in [0.25, 0.3) is 0 Å². The number of esters is 1. The van der Waals surface area contributed by atoms with Gasteiger partial charge in [0.25, 0.3) is 0 Å². The summed E-state index contributed by atoms with van der Waals surface area (Å²) in [5.41, 5.74) is 13.7. The van der Waals surface area contributed by atoms with Crippen molar-refractivity contribution in [2.45, 2.75) is 46.1 Å². The van der Waals surface area contributed by atoms with E-state index in [-0.39, 0.29) is 48.6 Å². The lowest BCUT2D eigenvalue weighted by Gasteiger charge is -2.30. The number of benzene rings is 1. The molecule has 5 N–H and O–H groups in total. The van der Waals surface area contributed by atoms with Crippen LogP contribution in [0.2, 0.25) is 0 Å². The summed E-state index contributed by atoms with van der Waals surface area (Å²) in [6, 6.07) is 7.77. The molecule has 1 aromatic carbocycles. The summed E-state index contributed by atoms with van der Waals surface area (Å²) < 4.78 is 5.17. The Bertz CT molecular complexity index is 988. The average molecular weight is 546 g/mol. The van der Waals surface area contributed by atoms with Gasteiger partial charge >= 0.3 is 5.97 Å². The molecule has 1 fully saturated rings. The summed E-state index contributed by atoms with van der Waals surface area (Å²) >= 11 is 1.52. The second-order valence-corrected chi connectivity index (χ2v) is 9.16. The van der Waals surface area contributed by atoms with Crippen LogP contribution in [0.5, 0.6) is 0 Å². The zero-order chi connectivity index (χ0) is 23.8. The Morgan fingerprint density at radius 2 is 1.83 bits per heavy atom. The fourth-order valence-electron chi connectivity index (χ4n) is 3.85. The van der Waals surface area contributed by atoms with Crippen LogP contribution in [0.3, 0.4) is 0 Å². The van der Waals surface area contributed by atoms with Gasteiger partial charge in [0, 0.05) is 18.3 Å². The fraction of sp³-hybridized carbons (Fsp3) is 0.478. The molecule has 0 saturated carbocycles. The first-order valence-corrected chi connectivity index (χ1v) is 12.0. The van der Waals surface area contributed by atoms with E-state index in [1.54, 1.807) is 0 Å². The molecule has 0 spiro atoms. The number of hydrogen-bond acceptors (Lipinski definition) is 7. The maximum Gasteiger partial charge on any atom is 0.309 e. The predicted octanol–water partition coefficient (Wildman–Crippen LogP) is 3.41. The van der Waals surface area contributed by atoms with Gasteiger partial charge in [0.1, 0.15) is 0 Å². The number of thiazole rings is 1. The van der Waals surface area contributed by atoms with Crippen molar-refractivity contribution in [1.29, 1.82) is 0 Å². The van der Waals surface area contributed by atoms with E-state index in [1.165, 1.54) is 18.3 Å². The molecule has 1 amide bonds. The fourth-order valence-corrected chi connectivity index (χ4v) is 4.94. The van der Waals surface area contributed by atoms with E-state index in [2.05, 4.69) is 20.2 Å². The van der Waals surface area contributed by atoms with E-state index in [9.17, 15) is 9.59 Å². The maximum atomic E-state index is 12.0. The topological polar surface area (TPSA) is 136 Å². The van der Waals surface area contributed by atoms with Crippen molar-refractivity contribution < 1.29 is 14.3 Å². The van der Waals surface area contributed by atoms with Gasteiger partial charge < -0.3 is 21.5 Å². The minimum absolute atomic E-state index is 0. The van der Waals surface area contributed by atoms with Crippen LogP contribution >= 0.6 is 36.2 Å². The van der Waals surface area contributed by atoms with Crippen LogP contribution in [0.4, 0.5) is 10.8 Å². The van der Waals surface area contributed by atoms with E-state index in [1.807, 2.05) is 31.2 Å². The van der Waals surface area contributed by atoms with Crippen LogP contribution < -0.4 is 16.8 Å². The third-order valence-corrected chi connectivity index (χ3v) is 6.48. The van der Waals surface area contributed by atoms with Crippen LogP contribution in [-0.4, -0.2) is 47.4 Å². The molecule has 1 aliphatic heterocycles. The minimum Gasteiger partial charge on any atom is -0.466 e. The van der Waals surface area contributed by atoms with Crippen molar-refractivity contribution in [3.05, 3.63) is 40.4 Å². The molecule has 12 heteroatoms. The summed E-state index contributed by atoms with van der Waals surface area (Å²) in [6.45, 7) is 6.17. The van der Waals surface area contributed by atoms with Crippen molar-refractivity contribution in [1.82, 2.24) is 9.88 Å². The Labute approximate surface area is 222 Å². The van der Waals surface area contributed by atoms with Gasteiger partial charge in [-0.2, -0.15) is 0 Å². The van der Waals surface area contributed by atoms with Crippen LogP contribution in [0.1, 0.15) is 42.8 Å². The molecule has 9 nitrogen and oxygen atoms in total. The molecule has 2 heterocycles. The lowest BCUT2D eigenvalue weighted by Crippen LogP contribution is -2.36. The highest BCUT2D eigenvalue weighted by Gasteiger charge is 2.27. The summed E-state index contributed by atoms with van der Waals surface area (Å²) in [5.74, 6) is -0.201. The number of aliphatic imine (C=N–C) groups is 1. The van der Waals surface area contributed by atoms with Gasteiger partial charge in [-0.3, -0.25) is 14.5 Å². The molecule has 35 heavy (non-hydrogen) atoms. The third-order valence-electron chi connectivity index (χ3n) is 5.48. The number of hydrogen-bond donors (Lipinski definition) is 3. The molecule has 1 saturated heterocycles. The number of amides is 1. The predicted molar refractivity (Wildman–Crippen MR) is 145 cm³/mol. The molecule has 0 atom stereocenters. The van der Waals surface area contributed by atoms with Crippen molar-refractivity contribution >= 4 is 64.8 Å². The van der Waals surface area contributed by atoms with Gasteiger partial charge in [0.15, 0.2) is 11.1 Å². The molecule has 3 rings (SSSR count). The first-order valence-electron chi connectivity index (χ1n) is 11.2. The maximum absolute atomic E-state index is 12.0. The number of anilines is 1. The van der Waals surface area contributed by atoms with Gasteiger partial charge in [-0.15, -0.1) is 36.2 Å². The molecule has 2 aromatic rings. The number of ether oxygens (including phenoxy) is 1. The van der Waals surface area contributed by atoms with Crippen molar-refractivity contribution in [2.75, 3.05) is 25.0 Å². The number of guanidine groups is 1. The van der Waals surface area contributed by atoms with Crippen LogP contribution in [0.15, 0.2) is 29.3 Å². The Balaban J connectivity index is 0.00000306. The van der Waals surface area contributed by atoms with Crippen LogP contribution in [-0.2, 0) is 33.7 Å². The summed E-state index contributed by atoms with van der Waals surface area (Å²) in [7, 11) is 0. The SMILES string of the molecule is CCOC(=O)C1CCN(Cc2sc(NC(C)=O)nc2CCc2ccc(N=C(N)N)cc2)CC1.Cl.Cl. The molecule has 0 unspecified atom stereocenters. The summed E-state index contributed by atoms with van der Waals surface area (Å²) in [6.07, 6.45) is 3.16. The highest BCUT2D eigenvalue weighted by atomic mass is 35.5. The van der Waals surface area contributed by atoms with E-state index in [4.69, 9.17) is 16.2 Å². The Morgan fingerprint density at radius 3 is 2.40 bits per heavy atom. The standard InChI is InChI=1S/C23H32N6O3S.2ClH/c1-3-32-21(31)17-10-12-29(13-11-17)14-20-19(28-23(33-20)26-15(2)30)9-6-16-4-7-18(8-5-16)27-22(24)25;;/h4-5,7-8,17H,3,6,9-14H2,1-2H3,(H4,24,25,27)(H,26,28,30);2*1H. The number of carbonyl (C=O) groups excluding carboxylic acids is 2. The molecule has 194 valence electrons. The monoisotopic (exact) mass is 544 g/mol. The van der Waals surface area contributed by atoms with E-state index >= 15 is 0 Å². The van der Waals surface area contributed by atoms with E-state index in [0.29, 0.717) is 17.4 Å². The number of rotatable bonds is 9. The third kappa shape index (κ3) is 9.64. The smallest absolute Gasteiger partial charge is 0.309 e.